The molecule has 0 spiro atoms. The number of rotatable bonds is 8. The van der Waals surface area contributed by atoms with Crippen molar-refractivity contribution in [2.45, 2.75) is 50.2 Å². The molecule has 2 aromatic carbocycles. The van der Waals surface area contributed by atoms with Gasteiger partial charge in [-0.2, -0.15) is 0 Å². The molecular weight excluding hydrogens is 422 g/mol. The largest absolute Gasteiger partial charge is 0.496 e. The van der Waals surface area contributed by atoms with E-state index in [1.54, 1.807) is 25.0 Å². The zero-order chi connectivity index (χ0) is 22.7. The van der Waals surface area contributed by atoms with Gasteiger partial charge in [-0.15, -0.1) is 0 Å². The van der Waals surface area contributed by atoms with E-state index in [1.807, 2.05) is 41.0 Å². The normalized spacial score (nSPS) is 18.2. The number of nitrogens with zero attached hydrogens (tertiary/aromatic N) is 2. The van der Waals surface area contributed by atoms with Gasteiger partial charge in [-0.25, -0.2) is 4.98 Å². The number of aromatic nitrogens is 2. The molecule has 2 unspecified atom stereocenters. The number of Topliss-reactive ketones (excluding diaryl/α,β-unsaturated/α-hetero) is 1. The fourth-order valence-corrected chi connectivity index (χ4v) is 5.55. The zero-order valence-electron chi connectivity index (χ0n) is 18.9. The van der Waals surface area contributed by atoms with Gasteiger partial charge in [-0.3, -0.25) is 14.2 Å². The number of carbonyl (C=O) groups is 1. The molecule has 4 rings (SSSR count). The van der Waals surface area contributed by atoms with E-state index in [-0.39, 0.29) is 11.3 Å². The van der Waals surface area contributed by atoms with Crippen LogP contribution in [0.2, 0.25) is 0 Å². The van der Waals surface area contributed by atoms with E-state index in [2.05, 4.69) is 6.92 Å². The first-order valence-corrected chi connectivity index (χ1v) is 12.1. The average Bonchev–Trinajstić information content (AvgIpc) is 3.26. The van der Waals surface area contributed by atoms with Crippen LogP contribution in [0.5, 0.6) is 5.75 Å². The number of hydrogen-bond acceptors (Lipinski definition) is 5. The van der Waals surface area contributed by atoms with Crippen LogP contribution in [0.25, 0.3) is 10.9 Å². The van der Waals surface area contributed by atoms with E-state index >= 15 is 0 Å². The number of para-hydroxylation sites is 1. The third-order valence-corrected chi connectivity index (χ3v) is 7.38. The number of thioether (sulfide) groups is 1. The van der Waals surface area contributed by atoms with Crippen molar-refractivity contribution < 1.29 is 14.4 Å². The Kier molecular flexibility index (Phi) is 6.96. The standard InChI is InChI=1S/C25H29N3O3S/c1-4-27-13-7-8-20(27)15-28-24(30)21-9-5-6-10-22(21)26-25(28)32-16-19-14-18(17(2)29)11-12-23(19)31-3/h5-6,9-12,14,20H,4,7-8,13,15-16H2,1-3H3/p+1. The predicted octanol–water partition coefficient (Wildman–Crippen LogP) is 2.97. The van der Waals surface area contributed by atoms with E-state index in [4.69, 9.17) is 9.72 Å². The third kappa shape index (κ3) is 4.59. The number of benzene rings is 2. The molecule has 168 valence electrons. The lowest BCUT2D eigenvalue weighted by Crippen LogP contribution is -3.13. The Morgan fingerprint density at radius 3 is 2.84 bits per heavy atom. The van der Waals surface area contributed by atoms with E-state index in [0.29, 0.717) is 40.0 Å². The van der Waals surface area contributed by atoms with Gasteiger partial charge in [-0.1, -0.05) is 23.9 Å². The highest BCUT2D eigenvalue weighted by atomic mass is 32.2. The van der Waals surface area contributed by atoms with Gasteiger partial charge in [-0.05, 0) is 44.2 Å². The van der Waals surface area contributed by atoms with Gasteiger partial charge in [0.1, 0.15) is 11.8 Å². The number of likely N-dealkylation sites (tertiary alicyclic amines) is 1. The Hall–Kier alpha value is -2.64. The monoisotopic (exact) mass is 452 g/mol. The van der Waals surface area contributed by atoms with E-state index < -0.39 is 0 Å². The highest BCUT2D eigenvalue weighted by Gasteiger charge is 2.29. The fourth-order valence-electron chi connectivity index (χ4n) is 4.56. The second kappa shape index (κ2) is 9.88. The first kappa shape index (κ1) is 22.6. The summed E-state index contributed by atoms with van der Waals surface area (Å²) in [6.45, 7) is 6.67. The molecule has 7 heteroatoms. The number of ketones is 1. The molecule has 3 aromatic rings. The number of ether oxygens (including phenoxy) is 1. The predicted molar refractivity (Wildman–Crippen MR) is 128 cm³/mol. The van der Waals surface area contributed by atoms with Gasteiger partial charge < -0.3 is 9.64 Å². The summed E-state index contributed by atoms with van der Waals surface area (Å²) in [5.41, 5.74) is 2.30. The lowest BCUT2D eigenvalue weighted by atomic mass is 10.1. The lowest BCUT2D eigenvalue weighted by molar-refractivity contribution is -0.911. The van der Waals surface area contributed by atoms with Gasteiger partial charge in [0, 0.05) is 29.7 Å². The van der Waals surface area contributed by atoms with Crippen molar-refractivity contribution in [2.75, 3.05) is 20.2 Å². The number of fused-ring (bicyclic) bond motifs is 1. The number of carbonyl (C=O) groups excluding carboxylic acids is 1. The van der Waals surface area contributed by atoms with Crippen LogP contribution in [0.4, 0.5) is 0 Å². The molecule has 1 fully saturated rings. The Labute approximate surface area is 192 Å². The summed E-state index contributed by atoms with van der Waals surface area (Å²) >= 11 is 1.52. The van der Waals surface area contributed by atoms with Gasteiger partial charge in [0.05, 0.1) is 37.6 Å². The van der Waals surface area contributed by atoms with Crippen LogP contribution in [0.15, 0.2) is 52.4 Å². The van der Waals surface area contributed by atoms with E-state index in [0.717, 1.165) is 30.8 Å². The molecule has 2 heterocycles. The van der Waals surface area contributed by atoms with Crippen molar-refractivity contribution in [3.63, 3.8) is 0 Å². The maximum absolute atomic E-state index is 13.4. The van der Waals surface area contributed by atoms with Crippen molar-refractivity contribution in [2.24, 2.45) is 0 Å². The Bertz CT molecular complexity index is 1190. The van der Waals surface area contributed by atoms with Gasteiger partial charge >= 0.3 is 0 Å². The number of hydrogen-bond donors (Lipinski definition) is 1. The van der Waals surface area contributed by atoms with Crippen LogP contribution in [0.1, 0.15) is 42.6 Å². The first-order chi connectivity index (χ1) is 15.5. The van der Waals surface area contributed by atoms with Crippen molar-refractivity contribution in [3.8, 4) is 5.75 Å². The van der Waals surface area contributed by atoms with Gasteiger partial charge in [0.2, 0.25) is 0 Å². The Balaban J connectivity index is 1.71. The van der Waals surface area contributed by atoms with Crippen LogP contribution in [-0.4, -0.2) is 41.6 Å². The quantitative estimate of drug-likeness (QED) is 0.323. The highest BCUT2D eigenvalue weighted by molar-refractivity contribution is 7.98. The van der Waals surface area contributed by atoms with Crippen LogP contribution >= 0.6 is 11.8 Å². The second-order valence-electron chi connectivity index (χ2n) is 8.30. The molecule has 1 aromatic heterocycles. The molecule has 0 radical (unpaired) electrons. The molecule has 0 aliphatic carbocycles. The molecule has 32 heavy (non-hydrogen) atoms. The Morgan fingerprint density at radius 1 is 1.28 bits per heavy atom. The molecule has 0 bridgehead atoms. The minimum absolute atomic E-state index is 0.0171. The maximum Gasteiger partial charge on any atom is 0.262 e. The minimum Gasteiger partial charge on any atom is -0.496 e. The van der Waals surface area contributed by atoms with Crippen molar-refractivity contribution in [1.82, 2.24) is 9.55 Å². The van der Waals surface area contributed by atoms with Crippen molar-refractivity contribution >= 4 is 28.4 Å². The lowest BCUT2D eigenvalue weighted by Gasteiger charge is -2.22. The van der Waals surface area contributed by atoms with Crippen LogP contribution < -0.4 is 15.2 Å². The maximum atomic E-state index is 13.4. The fraction of sp³-hybridized carbons (Fsp3) is 0.400. The molecule has 0 amide bonds. The van der Waals surface area contributed by atoms with Crippen LogP contribution in [0, 0.1) is 0 Å². The highest BCUT2D eigenvalue weighted by Crippen LogP contribution is 2.29. The summed E-state index contributed by atoms with van der Waals surface area (Å²) in [7, 11) is 1.63. The molecule has 1 N–H and O–H groups in total. The summed E-state index contributed by atoms with van der Waals surface area (Å²) < 4.78 is 7.37. The van der Waals surface area contributed by atoms with Gasteiger partial charge in [0.25, 0.3) is 5.56 Å². The molecule has 1 saturated heterocycles. The summed E-state index contributed by atoms with van der Waals surface area (Å²) in [4.78, 5) is 31.7. The number of likely N-dealkylation sites (N-methyl/N-ethyl adjacent to an activating group) is 1. The summed E-state index contributed by atoms with van der Waals surface area (Å²) in [6, 6.07) is 13.5. The summed E-state index contributed by atoms with van der Waals surface area (Å²) in [5, 5.41) is 1.37. The summed E-state index contributed by atoms with van der Waals surface area (Å²) in [6.07, 6.45) is 2.32. The van der Waals surface area contributed by atoms with Crippen molar-refractivity contribution in [3.05, 3.63) is 63.9 Å². The molecule has 2 atom stereocenters. The smallest absolute Gasteiger partial charge is 0.262 e. The third-order valence-electron chi connectivity index (χ3n) is 6.36. The van der Waals surface area contributed by atoms with Crippen LogP contribution in [0.3, 0.4) is 0 Å². The van der Waals surface area contributed by atoms with E-state index in [1.165, 1.54) is 18.2 Å². The molecule has 1 aliphatic heterocycles. The molecule has 0 saturated carbocycles. The Morgan fingerprint density at radius 2 is 2.09 bits per heavy atom. The molecular formula is C25H30N3O3S+. The minimum atomic E-state index is 0.0171. The average molecular weight is 453 g/mol. The number of quaternary nitrogens is 1. The SMILES string of the molecule is CC[NH+]1CCCC1Cn1c(SCc2cc(C(C)=O)ccc2OC)nc2ccccc2c1=O. The first-order valence-electron chi connectivity index (χ1n) is 11.2. The zero-order valence-corrected chi connectivity index (χ0v) is 19.7. The summed E-state index contributed by atoms with van der Waals surface area (Å²) in [5.74, 6) is 1.31. The van der Waals surface area contributed by atoms with Crippen LogP contribution in [-0.2, 0) is 12.3 Å². The topological polar surface area (TPSA) is 65.6 Å². The molecule has 1 aliphatic rings. The van der Waals surface area contributed by atoms with Crippen molar-refractivity contribution in [1.29, 1.82) is 0 Å². The number of nitrogens with one attached hydrogen (secondary N) is 1. The van der Waals surface area contributed by atoms with Gasteiger partial charge in [0.15, 0.2) is 10.9 Å². The molecule has 6 nitrogen and oxygen atoms in total. The number of methoxy groups -OCH3 is 1. The van der Waals surface area contributed by atoms with E-state index in [9.17, 15) is 9.59 Å². The second-order valence-corrected chi connectivity index (χ2v) is 9.24.